The molecule has 1 heterocycles. The molecule has 0 atom stereocenters. The summed E-state index contributed by atoms with van der Waals surface area (Å²) in [5.41, 5.74) is 2.14. The molecule has 0 saturated carbocycles. The fraction of sp³-hybridized carbons (Fsp3) is 0.533. The summed E-state index contributed by atoms with van der Waals surface area (Å²) < 4.78 is 6.20. The van der Waals surface area contributed by atoms with Crippen LogP contribution in [0.15, 0.2) is 21.8 Å². The SMILES string of the molecule is CCN(c1cc(Br)cc(C(=O)N=O)c1C)C1CCOCC1. The number of amides is 1. The molecule has 1 aliphatic rings. The Kier molecular flexibility index (Phi) is 5.47. The van der Waals surface area contributed by atoms with Crippen LogP contribution < -0.4 is 4.90 Å². The van der Waals surface area contributed by atoms with Crippen molar-refractivity contribution in [1.29, 1.82) is 0 Å². The molecule has 1 aromatic carbocycles. The third-order valence-corrected chi connectivity index (χ3v) is 4.40. The molecule has 1 saturated heterocycles. The second-order valence-electron chi connectivity index (χ2n) is 5.12. The van der Waals surface area contributed by atoms with Gasteiger partial charge in [-0.3, -0.25) is 4.79 Å². The van der Waals surface area contributed by atoms with Gasteiger partial charge in [-0.2, -0.15) is 0 Å². The zero-order valence-corrected chi connectivity index (χ0v) is 13.9. The second-order valence-corrected chi connectivity index (χ2v) is 6.04. The van der Waals surface area contributed by atoms with Gasteiger partial charge in [0, 0.05) is 41.1 Å². The zero-order valence-electron chi connectivity index (χ0n) is 12.3. The Balaban J connectivity index is 2.42. The molecule has 0 aliphatic carbocycles. The van der Waals surface area contributed by atoms with Gasteiger partial charge in [0.05, 0.1) is 5.56 Å². The summed E-state index contributed by atoms with van der Waals surface area (Å²) >= 11 is 3.42. The Morgan fingerprint density at radius 3 is 2.67 bits per heavy atom. The lowest BCUT2D eigenvalue weighted by atomic mass is 10.0. The van der Waals surface area contributed by atoms with Gasteiger partial charge in [-0.25, -0.2) is 0 Å². The van der Waals surface area contributed by atoms with E-state index in [2.05, 4.69) is 32.9 Å². The number of nitroso groups, excluding NO2 is 1. The molecular weight excluding hydrogens is 336 g/mol. The number of nitrogens with zero attached hydrogens (tertiary/aromatic N) is 2. The Morgan fingerprint density at radius 1 is 1.43 bits per heavy atom. The summed E-state index contributed by atoms with van der Waals surface area (Å²) in [7, 11) is 0. The molecule has 1 aliphatic heterocycles. The maximum absolute atomic E-state index is 11.7. The summed E-state index contributed by atoms with van der Waals surface area (Å²) in [5, 5.41) is 2.55. The van der Waals surface area contributed by atoms with Crippen LogP contribution in [0.1, 0.15) is 35.7 Å². The van der Waals surface area contributed by atoms with E-state index in [1.807, 2.05) is 13.0 Å². The van der Waals surface area contributed by atoms with Gasteiger partial charge in [0.1, 0.15) is 0 Å². The van der Waals surface area contributed by atoms with Crippen molar-refractivity contribution in [1.82, 2.24) is 0 Å². The van der Waals surface area contributed by atoms with Gasteiger partial charge in [0.25, 0.3) is 0 Å². The average Bonchev–Trinajstić information content (AvgIpc) is 2.51. The van der Waals surface area contributed by atoms with Crippen LogP contribution in [0, 0.1) is 11.8 Å². The molecule has 0 unspecified atom stereocenters. The largest absolute Gasteiger partial charge is 0.381 e. The molecule has 5 nitrogen and oxygen atoms in total. The summed E-state index contributed by atoms with van der Waals surface area (Å²) in [4.78, 5) is 24.5. The summed E-state index contributed by atoms with van der Waals surface area (Å²) in [6, 6.07) is 4.04. The van der Waals surface area contributed by atoms with E-state index in [0.29, 0.717) is 11.6 Å². The Morgan fingerprint density at radius 2 is 2.10 bits per heavy atom. The van der Waals surface area contributed by atoms with Crippen LogP contribution in [0.5, 0.6) is 0 Å². The Bertz CT molecular complexity index is 542. The third-order valence-electron chi connectivity index (χ3n) is 3.94. The number of ether oxygens (including phenoxy) is 1. The highest BCUT2D eigenvalue weighted by Crippen LogP contribution is 2.31. The van der Waals surface area contributed by atoms with Gasteiger partial charge in [-0.1, -0.05) is 15.9 Å². The van der Waals surface area contributed by atoms with Crippen molar-refractivity contribution < 1.29 is 9.53 Å². The maximum Gasteiger partial charge on any atom is 0.317 e. The lowest BCUT2D eigenvalue weighted by molar-refractivity contribution is 0.0846. The first-order chi connectivity index (χ1) is 10.1. The first kappa shape index (κ1) is 16.1. The predicted molar refractivity (Wildman–Crippen MR) is 85.9 cm³/mol. The summed E-state index contributed by atoms with van der Waals surface area (Å²) in [5.74, 6) is -0.724. The van der Waals surface area contributed by atoms with Crippen LogP contribution in [0.25, 0.3) is 0 Å². The molecule has 21 heavy (non-hydrogen) atoms. The molecule has 1 amide bonds. The highest BCUT2D eigenvalue weighted by Gasteiger charge is 2.24. The van der Waals surface area contributed by atoms with Gasteiger partial charge in [0.2, 0.25) is 0 Å². The molecular formula is C15H19BrN2O3. The van der Waals surface area contributed by atoms with E-state index in [1.165, 1.54) is 0 Å². The molecule has 1 fully saturated rings. The normalized spacial score (nSPS) is 15.8. The molecule has 0 radical (unpaired) electrons. The molecule has 0 N–H and O–H groups in total. The lowest BCUT2D eigenvalue weighted by Crippen LogP contribution is -2.40. The maximum atomic E-state index is 11.7. The minimum absolute atomic E-state index is 0.361. The molecule has 1 aromatic rings. The van der Waals surface area contributed by atoms with Gasteiger partial charge in [-0.05, 0) is 44.4 Å². The standard InChI is InChI=1S/C15H19BrN2O3/c1-3-18(12-4-6-21-7-5-12)14-9-11(16)8-13(10(14)2)15(19)17-20/h8-9,12H,3-7H2,1-2H3. The lowest BCUT2D eigenvalue weighted by Gasteiger charge is -2.36. The molecule has 0 bridgehead atoms. The van der Waals surface area contributed by atoms with E-state index in [4.69, 9.17) is 4.74 Å². The monoisotopic (exact) mass is 354 g/mol. The van der Waals surface area contributed by atoms with Crippen molar-refractivity contribution in [3.63, 3.8) is 0 Å². The van der Waals surface area contributed by atoms with E-state index in [0.717, 1.165) is 48.3 Å². The van der Waals surface area contributed by atoms with Crippen LogP contribution in [0.2, 0.25) is 0 Å². The smallest absolute Gasteiger partial charge is 0.317 e. The molecule has 114 valence electrons. The van der Waals surface area contributed by atoms with Gasteiger partial charge in [0.15, 0.2) is 0 Å². The first-order valence-corrected chi connectivity index (χ1v) is 7.90. The van der Waals surface area contributed by atoms with Crippen LogP contribution >= 0.6 is 15.9 Å². The third kappa shape index (κ3) is 3.49. The van der Waals surface area contributed by atoms with E-state index >= 15 is 0 Å². The number of benzene rings is 1. The molecule has 6 heteroatoms. The number of rotatable bonds is 4. The average molecular weight is 355 g/mol. The quantitative estimate of drug-likeness (QED) is 0.774. The van der Waals surface area contributed by atoms with Crippen molar-refractivity contribution in [2.45, 2.75) is 32.7 Å². The predicted octanol–water partition coefficient (Wildman–Crippen LogP) is 3.67. The van der Waals surface area contributed by atoms with E-state index in [-0.39, 0.29) is 0 Å². The number of carbonyl (C=O) groups is 1. The van der Waals surface area contributed by atoms with E-state index < -0.39 is 5.91 Å². The van der Waals surface area contributed by atoms with Gasteiger partial charge < -0.3 is 9.64 Å². The van der Waals surface area contributed by atoms with E-state index in [1.54, 1.807) is 6.07 Å². The number of hydrogen-bond acceptors (Lipinski definition) is 4. The summed E-state index contributed by atoms with van der Waals surface area (Å²) in [6.07, 6.45) is 1.93. The fourth-order valence-corrected chi connectivity index (χ4v) is 3.30. The van der Waals surface area contributed by atoms with Gasteiger partial charge in [-0.15, -0.1) is 4.91 Å². The number of hydrogen-bond donors (Lipinski definition) is 0. The van der Waals surface area contributed by atoms with Crippen molar-refractivity contribution in [3.8, 4) is 0 Å². The summed E-state index contributed by atoms with van der Waals surface area (Å²) in [6.45, 7) is 6.31. The van der Waals surface area contributed by atoms with Crippen molar-refractivity contribution in [2.24, 2.45) is 5.18 Å². The Labute approximate surface area is 132 Å². The first-order valence-electron chi connectivity index (χ1n) is 7.10. The highest BCUT2D eigenvalue weighted by atomic mass is 79.9. The van der Waals surface area contributed by atoms with Crippen LogP contribution in [0.4, 0.5) is 5.69 Å². The van der Waals surface area contributed by atoms with Crippen molar-refractivity contribution in [3.05, 3.63) is 32.6 Å². The van der Waals surface area contributed by atoms with Crippen LogP contribution in [-0.2, 0) is 4.74 Å². The van der Waals surface area contributed by atoms with Gasteiger partial charge >= 0.3 is 5.91 Å². The van der Waals surface area contributed by atoms with Crippen LogP contribution in [-0.4, -0.2) is 31.7 Å². The molecule has 0 aromatic heterocycles. The zero-order chi connectivity index (χ0) is 15.4. The van der Waals surface area contributed by atoms with Crippen molar-refractivity contribution in [2.75, 3.05) is 24.7 Å². The Hall–Kier alpha value is -1.27. The number of carbonyl (C=O) groups excluding carboxylic acids is 1. The molecule has 0 spiro atoms. The minimum atomic E-state index is -0.724. The fourth-order valence-electron chi connectivity index (χ4n) is 2.86. The highest BCUT2D eigenvalue weighted by molar-refractivity contribution is 9.10. The second kappa shape index (κ2) is 7.13. The van der Waals surface area contributed by atoms with Crippen molar-refractivity contribution >= 4 is 27.5 Å². The number of anilines is 1. The topological polar surface area (TPSA) is 59.0 Å². The number of halogens is 1. The van der Waals surface area contributed by atoms with Crippen LogP contribution in [0.3, 0.4) is 0 Å². The minimum Gasteiger partial charge on any atom is -0.381 e. The van der Waals surface area contributed by atoms with E-state index in [9.17, 15) is 9.70 Å². The molecule has 2 rings (SSSR count).